The summed E-state index contributed by atoms with van der Waals surface area (Å²) >= 11 is 0. The summed E-state index contributed by atoms with van der Waals surface area (Å²) in [4.78, 5) is 0. The lowest BCUT2D eigenvalue weighted by molar-refractivity contribution is -0.140. The Morgan fingerprint density at radius 1 is 1.50 bits per heavy atom. The van der Waals surface area contributed by atoms with Crippen LogP contribution in [0.2, 0.25) is 0 Å². The van der Waals surface area contributed by atoms with E-state index in [4.69, 9.17) is 0 Å². The van der Waals surface area contributed by atoms with E-state index < -0.39 is 6.29 Å². The lowest BCUT2D eigenvalue weighted by Crippen LogP contribution is -1.96. The van der Waals surface area contributed by atoms with Gasteiger partial charge in [-0.25, -0.2) is 0 Å². The van der Waals surface area contributed by atoms with Crippen LogP contribution in [-0.4, -0.2) is 6.29 Å². The molecule has 0 aliphatic heterocycles. The van der Waals surface area contributed by atoms with Crippen molar-refractivity contribution in [2.75, 3.05) is 0 Å². The molecule has 2 radical (unpaired) electrons. The van der Waals surface area contributed by atoms with Crippen LogP contribution in [-0.2, 0) is 10.2 Å². The third kappa shape index (κ3) is 3.92. The topological polar surface area (TPSA) is 39.8 Å². The summed E-state index contributed by atoms with van der Waals surface area (Å²) in [6, 6.07) is 0. The molecule has 36 valence electrons. The zero-order valence-electron chi connectivity index (χ0n) is 3.81. The zero-order valence-corrected chi connectivity index (χ0v) is 3.81. The van der Waals surface area contributed by atoms with Gasteiger partial charge < -0.3 is 0 Å². The molecule has 6 heavy (non-hydrogen) atoms. The maximum absolute atomic E-state index is 9.57. The second kappa shape index (κ2) is 3.12. The molecular formula is C4H8O2. The molecule has 2 heteroatoms. The second-order valence-corrected chi connectivity index (χ2v) is 1.22. The van der Waals surface area contributed by atoms with E-state index in [0.717, 1.165) is 0 Å². The van der Waals surface area contributed by atoms with Crippen LogP contribution in [0.5, 0.6) is 0 Å². The molecule has 2 nitrogen and oxygen atoms in total. The maximum atomic E-state index is 9.57. The monoisotopic (exact) mass is 88.1 g/mol. The minimum absolute atomic E-state index is 0.264. The highest BCUT2D eigenvalue weighted by Crippen LogP contribution is 1.90. The van der Waals surface area contributed by atoms with Gasteiger partial charge in [0, 0.05) is 6.42 Å². The molecule has 0 aliphatic rings. The minimum Gasteiger partial charge on any atom is -0.199 e. The first kappa shape index (κ1) is 5.92. The third-order valence-corrected chi connectivity index (χ3v) is 0.524. The predicted octanol–water partition coefficient (Wildman–Crippen LogP) is 0.974. The fraction of sp³-hybridized carbons (Fsp3) is 1.00. The van der Waals surface area contributed by atoms with E-state index in [0.29, 0.717) is 6.42 Å². The zero-order chi connectivity index (χ0) is 4.99. The molecule has 0 saturated carbocycles. The largest absolute Gasteiger partial charge is 0.224 e. The van der Waals surface area contributed by atoms with Gasteiger partial charge in [0.1, 0.15) is 0 Å². The van der Waals surface area contributed by atoms with Crippen LogP contribution in [0.1, 0.15) is 19.8 Å². The first-order valence-corrected chi connectivity index (χ1v) is 2.09. The summed E-state index contributed by atoms with van der Waals surface area (Å²) in [5, 5.41) is 19.1. The Labute approximate surface area is 37.4 Å². The summed E-state index contributed by atoms with van der Waals surface area (Å²) in [5.41, 5.74) is 0. The minimum atomic E-state index is -1.60. The molecule has 0 spiro atoms. The molecule has 0 amide bonds. The molecule has 0 aromatic carbocycles. The van der Waals surface area contributed by atoms with Crippen LogP contribution in [0, 0.1) is 0 Å². The van der Waals surface area contributed by atoms with Crippen LogP contribution in [0.25, 0.3) is 0 Å². The smallest absolute Gasteiger partial charge is 0.199 e. The van der Waals surface area contributed by atoms with Crippen molar-refractivity contribution in [3.63, 3.8) is 0 Å². The van der Waals surface area contributed by atoms with Crippen LogP contribution >= 0.6 is 0 Å². The molecule has 0 fully saturated rings. The first-order valence-electron chi connectivity index (χ1n) is 2.09. The van der Waals surface area contributed by atoms with Crippen molar-refractivity contribution in [2.45, 2.75) is 26.1 Å². The van der Waals surface area contributed by atoms with Crippen molar-refractivity contribution < 1.29 is 10.2 Å². The van der Waals surface area contributed by atoms with E-state index in [1.54, 1.807) is 0 Å². The Kier molecular flexibility index (Phi) is 3.08. The summed E-state index contributed by atoms with van der Waals surface area (Å²) in [6.07, 6.45) is -0.632. The van der Waals surface area contributed by atoms with Crippen LogP contribution in [0.15, 0.2) is 0 Å². The molecule has 0 N–H and O–H groups in total. The predicted molar refractivity (Wildman–Crippen MR) is 20.1 cm³/mol. The molecule has 0 heterocycles. The van der Waals surface area contributed by atoms with Crippen molar-refractivity contribution in [3.8, 4) is 0 Å². The molecule has 0 aliphatic carbocycles. The van der Waals surface area contributed by atoms with Crippen molar-refractivity contribution in [1.82, 2.24) is 0 Å². The average Bonchev–Trinajstić information content (AvgIpc) is 1.35. The van der Waals surface area contributed by atoms with Crippen molar-refractivity contribution >= 4 is 0 Å². The normalized spacial score (nSPS) is 10.0. The second-order valence-electron chi connectivity index (χ2n) is 1.22. The third-order valence-electron chi connectivity index (χ3n) is 0.524. The lowest BCUT2D eigenvalue weighted by Gasteiger charge is -1.88. The Bertz CT molecular complexity index is 26.7. The summed E-state index contributed by atoms with van der Waals surface area (Å²) < 4.78 is 0. The van der Waals surface area contributed by atoms with Crippen LogP contribution in [0.3, 0.4) is 0 Å². The first-order chi connectivity index (χ1) is 2.77. The summed E-state index contributed by atoms with van der Waals surface area (Å²) in [6.45, 7) is 1.82. The van der Waals surface area contributed by atoms with E-state index in [-0.39, 0.29) is 6.42 Å². The molecule has 0 atom stereocenters. The Balaban J connectivity index is 2.63. The van der Waals surface area contributed by atoms with E-state index in [1.807, 2.05) is 6.92 Å². The van der Waals surface area contributed by atoms with Crippen LogP contribution < -0.4 is 0 Å². The number of hydrogen-bond donors (Lipinski definition) is 0. The van der Waals surface area contributed by atoms with E-state index in [9.17, 15) is 10.2 Å². The average molecular weight is 88.1 g/mol. The van der Waals surface area contributed by atoms with E-state index in [1.165, 1.54) is 0 Å². The molecule has 0 rings (SSSR count). The maximum Gasteiger partial charge on any atom is 0.224 e. The fourth-order valence-electron chi connectivity index (χ4n) is 0.236. The Hall–Kier alpha value is -0.0800. The SMILES string of the molecule is CCCC([O])[O]. The van der Waals surface area contributed by atoms with Gasteiger partial charge in [0.25, 0.3) is 0 Å². The fourth-order valence-corrected chi connectivity index (χ4v) is 0.236. The molecule has 0 aromatic heterocycles. The van der Waals surface area contributed by atoms with Crippen molar-refractivity contribution in [2.24, 2.45) is 0 Å². The van der Waals surface area contributed by atoms with Gasteiger partial charge in [-0.15, -0.1) is 0 Å². The summed E-state index contributed by atoms with van der Waals surface area (Å²) in [5.74, 6) is 0. The summed E-state index contributed by atoms with van der Waals surface area (Å²) in [7, 11) is 0. The van der Waals surface area contributed by atoms with Gasteiger partial charge in [0.05, 0.1) is 0 Å². The molecular weight excluding hydrogens is 80.0 g/mol. The van der Waals surface area contributed by atoms with Crippen molar-refractivity contribution in [1.29, 1.82) is 0 Å². The Morgan fingerprint density at radius 3 is 2.00 bits per heavy atom. The van der Waals surface area contributed by atoms with E-state index >= 15 is 0 Å². The molecule has 0 bridgehead atoms. The quantitative estimate of drug-likeness (QED) is 0.451. The molecule has 0 aromatic rings. The number of hydrogen-bond acceptors (Lipinski definition) is 0. The molecule has 0 saturated heterocycles. The van der Waals surface area contributed by atoms with Crippen molar-refractivity contribution in [3.05, 3.63) is 0 Å². The highest BCUT2D eigenvalue weighted by molar-refractivity contribution is 4.30. The highest BCUT2D eigenvalue weighted by Gasteiger charge is 1.95. The van der Waals surface area contributed by atoms with Gasteiger partial charge in [0.2, 0.25) is 6.29 Å². The van der Waals surface area contributed by atoms with Gasteiger partial charge >= 0.3 is 0 Å². The Morgan fingerprint density at radius 2 is 2.00 bits per heavy atom. The standard InChI is InChI=1S/C4H8O2/c1-2-3-4(5)6/h4H,2-3H2,1H3. The van der Waals surface area contributed by atoms with Gasteiger partial charge in [-0.1, -0.05) is 13.3 Å². The lowest BCUT2D eigenvalue weighted by atomic mass is 10.3. The van der Waals surface area contributed by atoms with E-state index in [2.05, 4.69) is 0 Å². The van der Waals surface area contributed by atoms with Crippen LogP contribution in [0.4, 0.5) is 0 Å². The van der Waals surface area contributed by atoms with Gasteiger partial charge in [-0.3, -0.25) is 0 Å². The van der Waals surface area contributed by atoms with Gasteiger partial charge in [-0.05, 0) is 0 Å². The molecule has 0 unspecified atom stereocenters. The van der Waals surface area contributed by atoms with Gasteiger partial charge in [0.15, 0.2) is 0 Å². The van der Waals surface area contributed by atoms with Gasteiger partial charge in [-0.2, -0.15) is 10.2 Å². The number of rotatable bonds is 2. The highest BCUT2D eigenvalue weighted by atomic mass is 16.5.